The van der Waals surface area contributed by atoms with E-state index in [0.29, 0.717) is 66.3 Å². The molecule has 60 heavy (non-hydrogen) atoms. The number of rotatable bonds is 17. The first-order valence-electron chi connectivity index (χ1n) is 19.2. The van der Waals surface area contributed by atoms with Crippen molar-refractivity contribution < 1.29 is 33.4 Å². The van der Waals surface area contributed by atoms with Gasteiger partial charge in [-0.15, -0.1) is 0 Å². The Morgan fingerprint density at radius 3 is 2.58 bits per heavy atom. The summed E-state index contributed by atoms with van der Waals surface area (Å²) in [7, 11) is 0. The van der Waals surface area contributed by atoms with Crippen LogP contribution < -0.4 is 26.6 Å². The fraction of sp³-hybridized carbons (Fsp3) is 0.359. The highest BCUT2D eigenvalue weighted by atomic mass is 35.5. The maximum Gasteiger partial charge on any atom is 0.323 e. The summed E-state index contributed by atoms with van der Waals surface area (Å²) < 4.78 is 14.3. The molecule has 5 N–H and O–H groups in total. The summed E-state index contributed by atoms with van der Waals surface area (Å²) in [4.78, 5) is 72.5. The second kappa shape index (κ2) is 18.8. The summed E-state index contributed by atoms with van der Waals surface area (Å²) >= 11 is 12.6. The van der Waals surface area contributed by atoms with Gasteiger partial charge in [-0.3, -0.25) is 24.5 Å². The van der Waals surface area contributed by atoms with E-state index in [1.165, 1.54) is 15.8 Å². The van der Waals surface area contributed by atoms with Crippen molar-refractivity contribution in [2.24, 2.45) is 0 Å². The molecule has 19 nitrogen and oxygen atoms in total. The summed E-state index contributed by atoms with van der Waals surface area (Å²) in [6.07, 6.45) is 6.94. The normalized spacial score (nSPS) is 15.1. The Labute approximate surface area is 353 Å². The van der Waals surface area contributed by atoms with Crippen molar-refractivity contribution in [2.45, 2.75) is 58.2 Å². The molecule has 1 saturated heterocycles. The predicted octanol–water partition coefficient (Wildman–Crippen LogP) is 4.30. The van der Waals surface area contributed by atoms with Gasteiger partial charge in [0.1, 0.15) is 6.04 Å². The molecular formula is C39H42Cl2N12O7. The number of benzene rings is 1. The third-order valence-electron chi connectivity index (χ3n) is 9.70. The number of fused-ring (bicyclic) bond motifs is 2. The Morgan fingerprint density at radius 1 is 0.983 bits per heavy atom. The molecule has 7 rings (SSSR count). The number of amides is 6. The lowest BCUT2D eigenvalue weighted by Gasteiger charge is -2.29. The molecule has 1 aromatic carbocycles. The Hall–Kier alpha value is -6.15. The van der Waals surface area contributed by atoms with Gasteiger partial charge in [-0.1, -0.05) is 43.1 Å². The monoisotopic (exact) mass is 860 g/mol. The van der Waals surface area contributed by atoms with E-state index in [2.05, 4.69) is 46.7 Å². The number of nitrogens with zero attached hydrogens (tertiary/aromatic N) is 7. The molecule has 4 aromatic heterocycles. The smallest absolute Gasteiger partial charge is 0.323 e. The molecule has 2 aliphatic rings. The SMILES string of the molecule is CC(C)c1c(NC(=O)Nc2cnc(-n3cc(CNC(=O)CCOCCOCCNc4cccc5c4CN(C4CCC(=O)NC4=O)C5=O)cn3)c(Cl)c2)cnc2cc(Cl)nn12. The number of hydrogen-bond donors (Lipinski definition) is 5. The number of carbonyl (C=O) groups excluding carboxylic acids is 5. The van der Waals surface area contributed by atoms with Crippen molar-refractivity contribution in [3.05, 3.63) is 87.7 Å². The molecule has 1 atom stereocenters. The minimum Gasteiger partial charge on any atom is -0.382 e. The highest BCUT2D eigenvalue weighted by Gasteiger charge is 2.39. The number of pyridine rings is 1. The molecule has 0 spiro atoms. The highest BCUT2D eigenvalue weighted by Crippen LogP contribution is 2.32. The van der Waals surface area contributed by atoms with E-state index < -0.39 is 18.0 Å². The van der Waals surface area contributed by atoms with Crippen LogP contribution in [-0.2, 0) is 36.9 Å². The first-order chi connectivity index (χ1) is 28.9. The first kappa shape index (κ1) is 42.0. The number of anilines is 3. The largest absolute Gasteiger partial charge is 0.382 e. The molecule has 0 radical (unpaired) electrons. The van der Waals surface area contributed by atoms with Crippen LogP contribution in [-0.4, -0.2) is 103 Å². The van der Waals surface area contributed by atoms with Crippen molar-refractivity contribution in [2.75, 3.05) is 48.9 Å². The van der Waals surface area contributed by atoms with E-state index in [9.17, 15) is 24.0 Å². The number of urea groups is 1. The minimum atomic E-state index is -0.673. The van der Waals surface area contributed by atoms with Gasteiger partial charge in [0.25, 0.3) is 5.91 Å². The van der Waals surface area contributed by atoms with E-state index in [4.69, 9.17) is 32.7 Å². The molecule has 0 bridgehead atoms. The van der Waals surface area contributed by atoms with E-state index in [1.54, 1.807) is 47.4 Å². The van der Waals surface area contributed by atoms with Gasteiger partial charge in [0.15, 0.2) is 16.6 Å². The first-order valence-corrected chi connectivity index (χ1v) is 19.9. The number of hydrogen-bond acceptors (Lipinski definition) is 12. The number of ether oxygens (including phenoxy) is 2. The summed E-state index contributed by atoms with van der Waals surface area (Å²) in [6.45, 7) is 6.14. The number of aromatic nitrogens is 6. The Kier molecular flexibility index (Phi) is 13.2. The number of nitrogens with one attached hydrogen (secondary N) is 5. The van der Waals surface area contributed by atoms with Crippen LogP contribution in [0.3, 0.4) is 0 Å². The summed E-state index contributed by atoms with van der Waals surface area (Å²) in [5, 5.41) is 23.1. The molecule has 5 aromatic rings. The van der Waals surface area contributed by atoms with Crippen molar-refractivity contribution >= 4 is 75.6 Å². The molecule has 0 aliphatic carbocycles. The van der Waals surface area contributed by atoms with Crippen LogP contribution >= 0.6 is 23.2 Å². The molecule has 6 amide bonds. The molecule has 6 heterocycles. The zero-order valence-corrected chi connectivity index (χ0v) is 34.2. The van der Waals surface area contributed by atoms with Crippen LogP contribution in [0, 0.1) is 0 Å². The number of imide groups is 1. The molecule has 1 unspecified atom stereocenters. The Morgan fingerprint density at radius 2 is 1.80 bits per heavy atom. The second-order valence-corrected chi connectivity index (χ2v) is 15.1. The maximum atomic E-state index is 13.0. The van der Waals surface area contributed by atoms with Crippen LogP contribution in [0.4, 0.5) is 21.9 Å². The van der Waals surface area contributed by atoms with Gasteiger partial charge < -0.3 is 35.6 Å². The third kappa shape index (κ3) is 9.82. The van der Waals surface area contributed by atoms with Gasteiger partial charge in [-0.05, 0) is 30.5 Å². The molecule has 21 heteroatoms. The molecule has 0 saturated carbocycles. The van der Waals surface area contributed by atoms with Crippen LogP contribution in [0.25, 0.3) is 11.5 Å². The lowest BCUT2D eigenvalue weighted by atomic mass is 10.0. The lowest BCUT2D eigenvalue weighted by Crippen LogP contribution is -2.52. The second-order valence-electron chi connectivity index (χ2n) is 14.3. The highest BCUT2D eigenvalue weighted by molar-refractivity contribution is 6.32. The summed E-state index contributed by atoms with van der Waals surface area (Å²) in [5.41, 5.74) is 4.96. The van der Waals surface area contributed by atoms with Crippen molar-refractivity contribution in [1.29, 1.82) is 0 Å². The molecule has 1 fully saturated rings. The summed E-state index contributed by atoms with van der Waals surface area (Å²) in [6, 6.07) is 7.38. The molecule has 314 valence electrons. The predicted molar refractivity (Wildman–Crippen MR) is 220 cm³/mol. The standard InChI is InChI=1S/C39H42Cl2N12O7/c1-22(2)35-29(19-43-32-15-31(41)50-53(32)35)48-39(58)47-24-14-27(40)36(45-18-24)52-20-23(17-46-52)16-44-33(54)8-10-59-12-13-60-11-9-42-28-5-3-4-25-26(28)21-51(38(25)57)30-6-7-34(55)49-37(30)56/h3-5,14-15,17-20,22,30,42H,6-13,16,21H2,1-2H3,(H,44,54)(H2,47,48,58)(H,49,55,56). The Balaban J connectivity index is 0.776. The van der Waals surface area contributed by atoms with Gasteiger partial charge in [-0.25, -0.2) is 24.0 Å². The Bertz CT molecular complexity index is 2440. The van der Waals surface area contributed by atoms with Gasteiger partial charge in [0, 0.05) is 67.1 Å². The fourth-order valence-electron chi connectivity index (χ4n) is 6.88. The van der Waals surface area contributed by atoms with E-state index in [-0.39, 0.29) is 61.2 Å². The van der Waals surface area contributed by atoms with E-state index in [0.717, 1.165) is 22.5 Å². The van der Waals surface area contributed by atoms with Crippen LogP contribution in [0.15, 0.2) is 55.1 Å². The van der Waals surface area contributed by atoms with E-state index >= 15 is 0 Å². The van der Waals surface area contributed by atoms with Gasteiger partial charge in [0.05, 0.1) is 67.1 Å². The minimum absolute atomic E-state index is 0.00195. The molecule has 2 aliphatic heterocycles. The lowest BCUT2D eigenvalue weighted by molar-refractivity contribution is -0.137. The number of halogens is 2. The summed E-state index contributed by atoms with van der Waals surface area (Å²) in [5.74, 6) is -0.867. The average Bonchev–Trinajstić information content (AvgIpc) is 3.93. The number of carbonyl (C=O) groups is 5. The van der Waals surface area contributed by atoms with Crippen LogP contribution in [0.5, 0.6) is 0 Å². The quantitative estimate of drug-likeness (QED) is 0.0652. The number of piperidine rings is 1. The zero-order chi connectivity index (χ0) is 42.3. The molecular weight excluding hydrogens is 819 g/mol. The third-order valence-corrected chi connectivity index (χ3v) is 10.2. The van der Waals surface area contributed by atoms with Gasteiger partial charge >= 0.3 is 6.03 Å². The van der Waals surface area contributed by atoms with Crippen molar-refractivity contribution in [1.82, 2.24) is 44.9 Å². The van der Waals surface area contributed by atoms with Crippen LogP contribution in [0.2, 0.25) is 10.2 Å². The van der Waals surface area contributed by atoms with Crippen molar-refractivity contribution in [3.8, 4) is 5.82 Å². The van der Waals surface area contributed by atoms with Gasteiger partial charge in [0.2, 0.25) is 17.7 Å². The zero-order valence-electron chi connectivity index (χ0n) is 32.7. The topological polar surface area (TPSA) is 228 Å². The fourth-order valence-corrected chi connectivity index (χ4v) is 7.31. The van der Waals surface area contributed by atoms with E-state index in [1.807, 2.05) is 19.9 Å². The average molecular weight is 862 g/mol. The van der Waals surface area contributed by atoms with Crippen molar-refractivity contribution in [3.63, 3.8) is 0 Å². The van der Waals surface area contributed by atoms with Gasteiger partial charge in [-0.2, -0.15) is 10.2 Å². The van der Waals surface area contributed by atoms with Crippen LogP contribution in [0.1, 0.15) is 66.2 Å². The maximum absolute atomic E-state index is 13.0.